The minimum atomic E-state index is -0.493. The number of aromatic amines is 1. The summed E-state index contributed by atoms with van der Waals surface area (Å²) in [6.07, 6.45) is 1.89. The highest BCUT2D eigenvalue weighted by Crippen LogP contribution is 2.30. The van der Waals surface area contributed by atoms with Crippen molar-refractivity contribution in [1.29, 1.82) is 0 Å². The van der Waals surface area contributed by atoms with Crippen LogP contribution >= 0.6 is 23.1 Å². The average Bonchev–Trinajstić information content (AvgIpc) is 3.29. The zero-order valence-corrected chi connectivity index (χ0v) is 18.1. The van der Waals surface area contributed by atoms with Gasteiger partial charge in [0.25, 0.3) is 11.5 Å². The van der Waals surface area contributed by atoms with Gasteiger partial charge in [-0.05, 0) is 31.4 Å². The molecule has 0 saturated carbocycles. The first kappa shape index (κ1) is 20.1. The first-order valence-electron chi connectivity index (χ1n) is 8.89. The number of nitrogens with zero attached hydrogens (tertiary/aromatic N) is 4. The van der Waals surface area contributed by atoms with Crippen LogP contribution in [0.1, 0.15) is 22.0 Å². The first-order valence-corrected chi connectivity index (χ1v) is 11.1. The second-order valence-corrected chi connectivity index (χ2v) is 8.25. The van der Waals surface area contributed by atoms with Gasteiger partial charge in [0, 0.05) is 12.1 Å². The third kappa shape index (κ3) is 4.07. The van der Waals surface area contributed by atoms with Gasteiger partial charge < -0.3 is 15.0 Å². The van der Waals surface area contributed by atoms with Crippen LogP contribution < -0.4 is 15.6 Å². The summed E-state index contributed by atoms with van der Waals surface area (Å²) in [5.41, 5.74) is 1.19. The number of aromatic nitrogens is 5. The van der Waals surface area contributed by atoms with Gasteiger partial charge >= 0.3 is 0 Å². The molecule has 0 atom stereocenters. The van der Waals surface area contributed by atoms with Crippen molar-refractivity contribution < 1.29 is 9.53 Å². The van der Waals surface area contributed by atoms with Gasteiger partial charge in [0.2, 0.25) is 5.13 Å². The smallest absolute Gasteiger partial charge is 0.275 e. The molecule has 1 amide bonds. The van der Waals surface area contributed by atoms with Crippen molar-refractivity contribution in [2.24, 2.45) is 0 Å². The second kappa shape index (κ2) is 8.28. The summed E-state index contributed by atoms with van der Waals surface area (Å²) in [5.74, 6) is 1.64. The van der Waals surface area contributed by atoms with Crippen LogP contribution in [0, 0.1) is 6.92 Å². The lowest BCUT2D eigenvalue weighted by molar-refractivity contribution is 0.102. The summed E-state index contributed by atoms with van der Waals surface area (Å²) in [5, 5.41) is 7.85. The number of carbonyl (C=O) groups is 1. The SMILES string of the molecule is COc1ccc2nc(-n3nc(C)cc3NC(=O)c3cc(=O)[nH]c(CSC)n3)sc2c1. The molecule has 0 spiro atoms. The zero-order chi connectivity index (χ0) is 21.3. The van der Waals surface area contributed by atoms with E-state index in [0.29, 0.717) is 28.2 Å². The van der Waals surface area contributed by atoms with Crippen molar-refractivity contribution in [1.82, 2.24) is 24.7 Å². The van der Waals surface area contributed by atoms with Crippen LogP contribution in [-0.4, -0.2) is 44.0 Å². The van der Waals surface area contributed by atoms with E-state index < -0.39 is 5.91 Å². The Labute approximate surface area is 179 Å². The number of thiazole rings is 1. The molecule has 154 valence electrons. The molecular formula is C19H18N6O3S2. The molecule has 0 saturated heterocycles. The number of fused-ring (bicyclic) bond motifs is 1. The molecule has 4 rings (SSSR count). The number of anilines is 1. The lowest BCUT2D eigenvalue weighted by Crippen LogP contribution is -2.21. The Morgan fingerprint density at radius 2 is 2.13 bits per heavy atom. The normalized spacial score (nSPS) is 11.0. The summed E-state index contributed by atoms with van der Waals surface area (Å²) < 4.78 is 7.77. The molecule has 0 bridgehead atoms. The van der Waals surface area contributed by atoms with E-state index in [1.54, 1.807) is 17.9 Å². The van der Waals surface area contributed by atoms with E-state index in [2.05, 4.69) is 25.4 Å². The van der Waals surface area contributed by atoms with Gasteiger partial charge in [-0.3, -0.25) is 9.59 Å². The van der Waals surface area contributed by atoms with Gasteiger partial charge in [0.1, 0.15) is 23.1 Å². The molecule has 30 heavy (non-hydrogen) atoms. The van der Waals surface area contributed by atoms with E-state index in [0.717, 1.165) is 16.0 Å². The molecule has 3 heterocycles. The van der Waals surface area contributed by atoms with Crippen molar-refractivity contribution >= 4 is 45.0 Å². The van der Waals surface area contributed by atoms with Crippen molar-refractivity contribution in [3.63, 3.8) is 0 Å². The van der Waals surface area contributed by atoms with Gasteiger partial charge in [-0.15, -0.1) is 0 Å². The third-order valence-corrected chi connectivity index (χ3v) is 5.70. The van der Waals surface area contributed by atoms with Crippen LogP contribution in [0.5, 0.6) is 5.75 Å². The fourth-order valence-electron chi connectivity index (χ4n) is 2.85. The number of aryl methyl sites for hydroxylation is 1. The number of thioether (sulfide) groups is 1. The Morgan fingerprint density at radius 1 is 1.30 bits per heavy atom. The number of hydrogen-bond donors (Lipinski definition) is 2. The van der Waals surface area contributed by atoms with Gasteiger partial charge in [-0.25, -0.2) is 9.97 Å². The molecular weight excluding hydrogens is 424 g/mol. The van der Waals surface area contributed by atoms with Gasteiger partial charge in [0.05, 0.1) is 28.8 Å². The largest absolute Gasteiger partial charge is 0.497 e. The predicted octanol–water partition coefficient (Wildman–Crippen LogP) is 3.00. The molecule has 2 N–H and O–H groups in total. The first-order chi connectivity index (χ1) is 14.5. The highest BCUT2D eigenvalue weighted by molar-refractivity contribution is 7.97. The van der Waals surface area contributed by atoms with Gasteiger partial charge in [0.15, 0.2) is 0 Å². The van der Waals surface area contributed by atoms with Crippen LogP contribution in [0.3, 0.4) is 0 Å². The molecule has 11 heteroatoms. The standard InChI is InChI=1S/C19H18N6O3S2/c1-10-6-16(23-18(27)13-8-17(26)22-15(20-13)9-29-3)25(24-10)19-21-12-5-4-11(28-2)7-14(12)30-19/h4-8H,9H2,1-3H3,(H,23,27)(H,20,22,26). The van der Waals surface area contributed by atoms with Crippen molar-refractivity contribution in [2.75, 3.05) is 18.7 Å². The molecule has 0 aliphatic rings. The van der Waals surface area contributed by atoms with Crippen LogP contribution in [0.2, 0.25) is 0 Å². The van der Waals surface area contributed by atoms with E-state index in [-0.39, 0.29) is 11.3 Å². The van der Waals surface area contributed by atoms with E-state index in [4.69, 9.17) is 4.74 Å². The molecule has 1 aromatic carbocycles. The maximum absolute atomic E-state index is 12.8. The van der Waals surface area contributed by atoms with Gasteiger partial charge in [-0.1, -0.05) is 11.3 Å². The number of hydrogen-bond acceptors (Lipinski definition) is 8. The molecule has 0 aliphatic carbocycles. The monoisotopic (exact) mass is 442 g/mol. The fraction of sp³-hybridized carbons (Fsp3) is 0.211. The van der Waals surface area contributed by atoms with Crippen LogP contribution in [0.15, 0.2) is 35.1 Å². The van der Waals surface area contributed by atoms with E-state index in [1.807, 2.05) is 31.4 Å². The summed E-state index contributed by atoms with van der Waals surface area (Å²) in [4.78, 5) is 36.1. The van der Waals surface area contributed by atoms with Crippen molar-refractivity contribution in [2.45, 2.75) is 12.7 Å². The van der Waals surface area contributed by atoms with E-state index >= 15 is 0 Å². The Balaban J connectivity index is 1.67. The lowest BCUT2D eigenvalue weighted by Gasteiger charge is -2.07. The van der Waals surface area contributed by atoms with E-state index in [9.17, 15) is 9.59 Å². The lowest BCUT2D eigenvalue weighted by atomic mass is 10.3. The second-order valence-electron chi connectivity index (χ2n) is 6.38. The highest BCUT2D eigenvalue weighted by Gasteiger charge is 2.17. The number of nitrogens with one attached hydrogen (secondary N) is 2. The molecule has 0 unspecified atom stereocenters. The number of H-pyrrole nitrogens is 1. The van der Waals surface area contributed by atoms with Crippen LogP contribution in [0.4, 0.5) is 5.82 Å². The molecule has 0 radical (unpaired) electrons. The fourth-order valence-corrected chi connectivity index (χ4v) is 4.22. The maximum atomic E-state index is 12.8. The highest BCUT2D eigenvalue weighted by atomic mass is 32.2. The average molecular weight is 443 g/mol. The molecule has 4 aromatic rings. The van der Waals surface area contributed by atoms with Gasteiger partial charge in [-0.2, -0.15) is 21.5 Å². The molecule has 0 aliphatic heterocycles. The number of amides is 1. The molecule has 3 aromatic heterocycles. The number of rotatable bonds is 6. The minimum absolute atomic E-state index is 0.0437. The topological polar surface area (TPSA) is 115 Å². The summed E-state index contributed by atoms with van der Waals surface area (Å²) in [6, 6.07) is 8.53. The minimum Gasteiger partial charge on any atom is -0.497 e. The number of ether oxygens (including phenoxy) is 1. The summed E-state index contributed by atoms with van der Waals surface area (Å²) in [7, 11) is 1.61. The summed E-state index contributed by atoms with van der Waals surface area (Å²) in [6.45, 7) is 1.82. The van der Waals surface area contributed by atoms with Crippen molar-refractivity contribution in [3.8, 4) is 10.9 Å². The maximum Gasteiger partial charge on any atom is 0.275 e. The summed E-state index contributed by atoms with van der Waals surface area (Å²) >= 11 is 2.93. The Bertz CT molecular complexity index is 1290. The quantitative estimate of drug-likeness (QED) is 0.472. The van der Waals surface area contributed by atoms with Crippen molar-refractivity contribution in [3.05, 3.63) is 57.9 Å². The van der Waals surface area contributed by atoms with Crippen LogP contribution in [-0.2, 0) is 5.75 Å². The number of benzene rings is 1. The molecule has 0 fully saturated rings. The van der Waals surface area contributed by atoms with Crippen LogP contribution in [0.25, 0.3) is 15.3 Å². The number of methoxy groups -OCH3 is 1. The Kier molecular flexibility index (Phi) is 5.55. The Hall–Kier alpha value is -3.18. The third-order valence-electron chi connectivity index (χ3n) is 4.14. The predicted molar refractivity (Wildman–Crippen MR) is 118 cm³/mol. The number of carbonyl (C=O) groups excluding carboxylic acids is 1. The molecule has 9 nitrogen and oxygen atoms in total. The zero-order valence-electron chi connectivity index (χ0n) is 16.4. The Morgan fingerprint density at radius 3 is 2.90 bits per heavy atom. The van der Waals surface area contributed by atoms with E-state index in [1.165, 1.54) is 29.2 Å².